The number of nitrogens with one attached hydrogen (secondary N) is 1. The third kappa shape index (κ3) is 4.74. The van der Waals surface area contributed by atoms with Gasteiger partial charge in [-0.05, 0) is 30.7 Å². The number of amides is 2. The van der Waals surface area contributed by atoms with Gasteiger partial charge < -0.3 is 24.4 Å². The quantitative estimate of drug-likeness (QED) is 0.669. The van der Waals surface area contributed by atoms with Crippen LogP contribution in [0.2, 0.25) is 0 Å². The summed E-state index contributed by atoms with van der Waals surface area (Å²) >= 11 is 0. The summed E-state index contributed by atoms with van der Waals surface area (Å²) in [5, 5.41) is 2.65. The van der Waals surface area contributed by atoms with E-state index in [1.54, 1.807) is 26.1 Å². The SMILES string of the molecule is Cc1cc2c(cc1S(=O)(=O)N(C)CC(=O)N(C)CC1COc3ccccc3O1)OCC(=O)N2. The molecule has 0 radical (unpaired) electrons. The summed E-state index contributed by atoms with van der Waals surface area (Å²) in [5.41, 5.74) is 0.844. The topological polar surface area (TPSA) is 114 Å². The number of likely N-dealkylation sites (N-methyl/N-ethyl adjacent to an activating group) is 2. The number of para-hydroxylation sites is 2. The molecular weight excluding hydrogens is 450 g/mol. The molecule has 2 aromatic rings. The van der Waals surface area contributed by atoms with E-state index in [0.717, 1.165) is 4.31 Å². The lowest BCUT2D eigenvalue weighted by Crippen LogP contribution is -2.45. The van der Waals surface area contributed by atoms with Gasteiger partial charge in [0.25, 0.3) is 5.91 Å². The number of carbonyl (C=O) groups excluding carboxylic acids is 2. The highest BCUT2D eigenvalue weighted by Crippen LogP contribution is 2.34. The molecule has 0 aliphatic carbocycles. The standard InChI is InChI=1S/C22H25N3O7S/c1-14-8-16-19(31-13-21(26)23-16)9-20(14)33(28,29)25(3)11-22(27)24(2)10-15-12-30-17-6-4-5-7-18(17)32-15/h4-9,15H,10-13H2,1-3H3,(H,23,26). The zero-order valence-electron chi connectivity index (χ0n) is 18.5. The van der Waals surface area contributed by atoms with Crippen LogP contribution in [-0.2, 0) is 19.6 Å². The van der Waals surface area contributed by atoms with Gasteiger partial charge in [-0.25, -0.2) is 8.42 Å². The molecule has 2 amide bonds. The summed E-state index contributed by atoms with van der Waals surface area (Å²) in [6.45, 7) is 1.61. The lowest BCUT2D eigenvalue weighted by Gasteiger charge is -2.30. The summed E-state index contributed by atoms with van der Waals surface area (Å²) in [4.78, 5) is 25.7. The first-order valence-electron chi connectivity index (χ1n) is 10.3. The molecule has 0 bridgehead atoms. The number of benzene rings is 2. The van der Waals surface area contributed by atoms with Crippen LogP contribution in [0.5, 0.6) is 17.2 Å². The Kier molecular flexibility index (Phi) is 6.17. The average molecular weight is 476 g/mol. The van der Waals surface area contributed by atoms with Crippen LogP contribution in [-0.4, -0.2) is 75.9 Å². The lowest BCUT2D eigenvalue weighted by atomic mass is 10.2. The Morgan fingerprint density at radius 3 is 2.61 bits per heavy atom. The van der Waals surface area contributed by atoms with Crippen LogP contribution >= 0.6 is 0 Å². The van der Waals surface area contributed by atoms with E-state index in [-0.39, 0.29) is 54.9 Å². The van der Waals surface area contributed by atoms with Gasteiger partial charge in [-0.15, -0.1) is 0 Å². The van der Waals surface area contributed by atoms with E-state index < -0.39 is 10.0 Å². The Hall–Kier alpha value is -3.31. The van der Waals surface area contributed by atoms with E-state index in [1.807, 2.05) is 18.2 Å². The van der Waals surface area contributed by atoms with Gasteiger partial charge in [0.15, 0.2) is 24.2 Å². The van der Waals surface area contributed by atoms with Crippen LogP contribution in [0.25, 0.3) is 0 Å². The molecule has 0 fully saturated rings. The minimum atomic E-state index is -3.98. The summed E-state index contributed by atoms with van der Waals surface area (Å²) < 4.78 is 44.2. The Morgan fingerprint density at radius 2 is 1.85 bits per heavy atom. The number of ether oxygens (including phenoxy) is 3. The molecule has 2 aromatic carbocycles. The Balaban J connectivity index is 1.41. The Labute approximate surface area is 192 Å². The average Bonchev–Trinajstić information content (AvgIpc) is 2.78. The van der Waals surface area contributed by atoms with Gasteiger partial charge in [-0.2, -0.15) is 4.31 Å². The van der Waals surface area contributed by atoms with Crippen molar-refractivity contribution in [1.82, 2.24) is 9.21 Å². The molecule has 33 heavy (non-hydrogen) atoms. The summed E-state index contributed by atoms with van der Waals surface area (Å²) in [6.07, 6.45) is -0.369. The number of hydrogen-bond donors (Lipinski definition) is 1. The van der Waals surface area contributed by atoms with Gasteiger partial charge >= 0.3 is 0 Å². The molecule has 0 saturated heterocycles. The van der Waals surface area contributed by atoms with Gasteiger partial charge in [0.2, 0.25) is 15.9 Å². The predicted octanol–water partition coefficient (Wildman–Crippen LogP) is 1.24. The second kappa shape index (κ2) is 8.91. The Bertz CT molecular complexity index is 1200. The molecule has 0 aromatic heterocycles. The Morgan fingerprint density at radius 1 is 1.12 bits per heavy atom. The molecule has 176 valence electrons. The molecule has 1 unspecified atom stereocenters. The fourth-order valence-corrected chi connectivity index (χ4v) is 4.96. The summed E-state index contributed by atoms with van der Waals surface area (Å²) in [7, 11) is -1.04. The van der Waals surface area contributed by atoms with Crippen molar-refractivity contribution in [2.24, 2.45) is 0 Å². The molecule has 0 spiro atoms. The number of fused-ring (bicyclic) bond motifs is 2. The summed E-state index contributed by atoms with van der Waals surface area (Å²) in [6, 6.07) is 10.2. The van der Waals surface area contributed by atoms with Crippen LogP contribution in [0.3, 0.4) is 0 Å². The van der Waals surface area contributed by atoms with Crippen LogP contribution in [0, 0.1) is 6.92 Å². The smallest absolute Gasteiger partial charge is 0.262 e. The first-order chi connectivity index (χ1) is 15.6. The van der Waals surface area contributed by atoms with Crippen molar-refractivity contribution in [2.75, 3.05) is 45.7 Å². The van der Waals surface area contributed by atoms with Crippen LogP contribution < -0.4 is 19.5 Å². The van der Waals surface area contributed by atoms with E-state index in [2.05, 4.69) is 5.32 Å². The van der Waals surface area contributed by atoms with Crippen molar-refractivity contribution in [3.8, 4) is 17.2 Å². The maximum Gasteiger partial charge on any atom is 0.262 e. The number of aryl methyl sites for hydroxylation is 1. The van der Waals surface area contributed by atoms with Gasteiger partial charge in [-0.3, -0.25) is 9.59 Å². The number of sulfonamides is 1. The number of carbonyl (C=O) groups is 2. The molecule has 10 nitrogen and oxygen atoms in total. The van der Waals surface area contributed by atoms with E-state index in [9.17, 15) is 18.0 Å². The van der Waals surface area contributed by atoms with Crippen molar-refractivity contribution in [3.05, 3.63) is 42.0 Å². The van der Waals surface area contributed by atoms with E-state index >= 15 is 0 Å². The molecule has 1 atom stereocenters. The molecular formula is C22H25N3O7S. The zero-order valence-corrected chi connectivity index (χ0v) is 19.3. The first-order valence-corrected chi connectivity index (χ1v) is 11.7. The van der Waals surface area contributed by atoms with Crippen LogP contribution in [0.4, 0.5) is 5.69 Å². The molecule has 1 N–H and O–H groups in total. The maximum absolute atomic E-state index is 13.2. The van der Waals surface area contributed by atoms with Crippen LogP contribution in [0.1, 0.15) is 5.56 Å². The van der Waals surface area contributed by atoms with Crippen LogP contribution in [0.15, 0.2) is 41.3 Å². The van der Waals surface area contributed by atoms with E-state index in [1.165, 1.54) is 18.0 Å². The van der Waals surface area contributed by atoms with Gasteiger partial charge in [0.1, 0.15) is 12.4 Å². The van der Waals surface area contributed by atoms with Crippen molar-refractivity contribution in [2.45, 2.75) is 17.9 Å². The molecule has 0 saturated carbocycles. The molecule has 4 rings (SSSR count). The van der Waals surface area contributed by atoms with Gasteiger partial charge in [0.05, 0.1) is 23.7 Å². The summed E-state index contributed by atoms with van der Waals surface area (Å²) in [5.74, 6) is 0.834. The predicted molar refractivity (Wildman–Crippen MR) is 119 cm³/mol. The molecule has 2 heterocycles. The van der Waals surface area contributed by atoms with Crippen molar-refractivity contribution < 1.29 is 32.2 Å². The third-order valence-electron chi connectivity index (χ3n) is 5.43. The highest BCUT2D eigenvalue weighted by Gasteiger charge is 2.30. The first kappa shape index (κ1) is 22.9. The zero-order chi connectivity index (χ0) is 23.8. The minimum Gasteiger partial charge on any atom is -0.486 e. The second-order valence-corrected chi connectivity index (χ2v) is 10.00. The fourth-order valence-electron chi connectivity index (χ4n) is 3.62. The monoisotopic (exact) mass is 475 g/mol. The van der Waals surface area contributed by atoms with Crippen molar-refractivity contribution >= 4 is 27.5 Å². The van der Waals surface area contributed by atoms with E-state index in [0.29, 0.717) is 22.7 Å². The number of nitrogens with zero attached hydrogens (tertiary/aromatic N) is 2. The number of anilines is 1. The van der Waals surface area contributed by atoms with Crippen molar-refractivity contribution in [3.63, 3.8) is 0 Å². The highest BCUT2D eigenvalue weighted by atomic mass is 32.2. The normalized spacial score (nSPS) is 17.1. The van der Waals surface area contributed by atoms with E-state index in [4.69, 9.17) is 14.2 Å². The lowest BCUT2D eigenvalue weighted by molar-refractivity contribution is -0.131. The minimum absolute atomic E-state index is 0.0102. The molecule has 2 aliphatic rings. The largest absolute Gasteiger partial charge is 0.486 e. The maximum atomic E-state index is 13.2. The molecule has 11 heteroatoms. The fraction of sp³-hybridized carbons (Fsp3) is 0.364. The van der Waals surface area contributed by atoms with Gasteiger partial charge in [-0.1, -0.05) is 12.1 Å². The second-order valence-electron chi connectivity index (χ2n) is 7.98. The number of hydrogen-bond acceptors (Lipinski definition) is 7. The van der Waals surface area contributed by atoms with Gasteiger partial charge in [0, 0.05) is 20.2 Å². The van der Waals surface area contributed by atoms with Crippen molar-refractivity contribution in [1.29, 1.82) is 0 Å². The highest BCUT2D eigenvalue weighted by molar-refractivity contribution is 7.89. The number of rotatable bonds is 6. The third-order valence-corrected chi connectivity index (χ3v) is 7.37. The molecule has 2 aliphatic heterocycles.